The standard InChI is InChI=1S/C25H27ClFN3O2/c1-16-8-18(5-6-23(16)29-13-17(2)28-15-29)9-19-4-3-7-30(25(19)32)24(14-31)20-10-21(26)12-22(27)11-20/h5-6,8,10-13,15,19,24,31H,3-4,7,9,14H2,1-2H3. The van der Waals surface area contributed by atoms with E-state index in [2.05, 4.69) is 30.1 Å². The van der Waals surface area contributed by atoms with Crippen molar-refractivity contribution in [3.63, 3.8) is 0 Å². The summed E-state index contributed by atoms with van der Waals surface area (Å²) >= 11 is 6.00. The fourth-order valence-corrected chi connectivity index (χ4v) is 4.83. The molecule has 1 N–H and O–H groups in total. The van der Waals surface area contributed by atoms with Crippen molar-refractivity contribution in [3.8, 4) is 5.69 Å². The van der Waals surface area contributed by atoms with E-state index in [0.717, 1.165) is 35.3 Å². The molecule has 3 aromatic rings. The number of aliphatic hydroxyl groups excluding tert-OH is 1. The van der Waals surface area contributed by atoms with Gasteiger partial charge in [-0.1, -0.05) is 23.7 Å². The lowest BCUT2D eigenvalue weighted by atomic mass is 9.88. The van der Waals surface area contributed by atoms with Crippen molar-refractivity contribution >= 4 is 17.5 Å². The van der Waals surface area contributed by atoms with Crippen LogP contribution in [0.25, 0.3) is 5.69 Å². The summed E-state index contributed by atoms with van der Waals surface area (Å²) in [5.74, 6) is -0.666. The Labute approximate surface area is 192 Å². The van der Waals surface area contributed by atoms with Crippen molar-refractivity contribution in [1.29, 1.82) is 0 Å². The van der Waals surface area contributed by atoms with Crippen LogP contribution in [0.3, 0.4) is 0 Å². The first-order chi connectivity index (χ1) is 15.4. The number of aliphatic hydroxyl groups is 1. The molecule has 1 aromatic heterocycles. The number of piperidine rings is 1. The van der Waals surface area contributed by atoms with Gasteiger partial charge in [0.2, 0.25) is 5.91 Å². The van der Waals surface area contributed by atoms with Crippen LogP contribution in [0.4, 0.5) is 4.39 Å². The van der Waals surface area contributed by atoms with Crippen LogP contribution in [0.1, 0.15) is 41.3 Å². The van der Waals surface area contributed by atoms with Crippen LogP contribution in [0.2, 0.25) is 5.02 Å². The molecule has 7 heteroatoms. The second-order valence-electron chi connectivity index (χ2n) is 8.52. The SMILES string of the molecule is Cc1cn(-c2ccc(CC3CCCN(C(CO)c4cc(F)cc(Cl)c4)C3=O)cc2C)cn1. The number of aromatic nitrogens is 2. The van der Waals surface area contributed by atoms with Gasteiger partial charge in [-0.3, -0.25) is 4.79 Å². The van der Waals surface area contributed by atoms with Gasteiger partial charge in [0, 0.05) is 29.4 Å². The highest BCUT2D eigenvalue weighted by molar-refractivity contribution is 6.30. The summed E-state index contributed by atoms with van der Waals surface area (Å²) in [6.07, 6.45) is 6.04. The quantitative estimate of drug-likeness (QED) is 0.581. The first-order valence-electron chi connectivity index (χ1n) is 10.8. The molecule has 1 amide bonds. The Morgan fingerprint density at radius 3 is 2.72 bits per heavy atom. The largest absolute Gasteiger partial charge is 0.394 e. The molecule has 1 aliphatic rings. The number of imidazole rings is 1. The molecule has 0 radical (unpaired) electrons. The van der Waals surface area contributed by atoms with Crippen molar-refractivity contribution < 1.29 is 14.3 Å². The number of halogens is 2. The zero-order valence-electron chi connectivity index (χ0n) is 18.3. The molecule has 4 rings (SSSR count). The van der Waals surface area contributed by atoms with Gasteiger partial charge in [-0.25, -0.2) is 9.37 Å². The minimum atomic E-state index is -0.605. The van der Waals surface area contributed by atoms with Crippen LogP contribution in [0.15, 0.2) is 48.9 Å². The number of likely N-dealkylation sites (tertiary alicyclic amines) is 1. The molecule has 0 bridgehead atoms. The summed E-state index contributed by atoms with van der Waals surface area (Å²) in [6, 6.07) is 9.80. The average Bonchev–Trinajstić information content (AvgIpc) is 3.16. The van der Waals surface area contributed by atoms with Gasteiger partial charge >= 0.3 is 0 Å². The van der Waals surface area contributed by atoms with Crippen molar-refractivity contribution in [2.45, 2.75) is 39.2 Å². The lowest BCUT2D eigenvalue weighted by Gasteiger charge is -2.38. The van der Waals surface area contributed by atoms with E-state index in [4.69, 9.17) is 11.6 Å². The van der Waals surface area contributed by atoms with Gasteiger partial charge in [0.05, 0.1) is 24.7 Å². The highest BCUT2D eigenvalue weighted by atomic mass is 35.5. The van der Waals surface area contributed by atoms with Crippen molar-refractivity contribution in [1.82, 2.24) is 14.5 Å². The van der Waals surface area contributed by atoms with Gasteiger partial charge in [-0.2, -0.15) is 0 Å². The summed E-state index contributed by atoms with van der Waals surface area (Å²) in [4.78, 5) is 19.3. The first-order valence-corrected chi connectivity index (χ1v) is 11.2. The molecule has 1 aliphatic heterocycles. The van der Waals surface area contributed by atoms with Crippen LogP contribution in [0.5, 0.6) is 0 Å². The highest BCUT2D eigenvalue weighted by Crippen LogP contribution is 2.31. The van der Waals surface area contributed by atoms with Crippen LogP contribution >= 0.6 is 11.6 Å². The maximum atomic E-state index is 13.9. The highest BCUT2D eigenvalue weighted by Gasteiger charge is 2.34. The number of amides is 1. The smallest absolute Gasteiger partial charge is 0.226 e. The monoisotopic (exact) mass is 455 g/mol. The van der Waals surface area contributed by atoms with E-state index in [1.807, 2.05) is 17.7 Å². The normalized spacial score (nSPS) is 17.6. The van der Waals surface area contributed by atoms with E-state index in [1.165, 1.54) is 12.1 Å². The Kier molecular flexibility index (Phi) is 6.63. The fraction of sp³-hybridized carbons (Fsp3) is 0.360. The van der Waals surface area contributed by atoms with Gasteiger partial charge in [0.15, 0.2) is 0 Å². The molecule has 32 heavy (non-hydrogen) atoms. The number of carbonyl (C=O) groups excluding carboxylic acids is 1. The predicted octanol–water partition coefficient (Wildman–Crippen LogP) is 4.80. The van der Waals surface area contributed by atoms with Crippen molar-refractivity contribution in [3.05, 3.63) is 82.1 Å². The average molecular weight is 456 g/mol. The van der Waals surface area contributed by atoms with E-state index >= 15 is 0 Å². The second-order valence-corrected chi connectivity index (χ2v) is 8.96. The molecular formula is C25H27ClFN3O2. The Morgan fingerprint density at radius 1 is 1.25 bits per heavy atom. The maximum absolute atomic E-state index is 13.9. The topological polar surface area (TPSA) is 58.4 Å². The third-order valence-corrected chi connectivity index (χ3v) is 6.35. The molecule has 168 valence electrons. The number of hydrogen-bond donors (Lipinski definition) is 1. The predicted molar refractivity (Wildman–Crippen MR) is 122 cm³/mol. The molecule has 1 fully saturated rings. The van der Waals surface area contributed by atoms with E-state index in [9.17, 15) is 14.3 Å². The zero-order chi connectivity index (χ0) is 22.8. The molecular weight excluding hydrogens is 429 g/mol. The summed E-state index contributed by atoms with van der Waals surface area (Å²) < 4.78 is 15.9. The molecule has 1 saturated heterocycles. The number of benzene rings is 2. The summed E-state index contributed by atoms with van der Waals surface area (Å²) in [5.41, 5.74) is 4.75. The van der Waals surface area contributed by atoms with E-state index in [-0.39, 0.29) is 23.5 Å². The van der Waals surface area contributed by atoms with Crippen LogP contribution < -0.4 is 0 Å². The first kappa shape index (κ1) is 22.5. The van der Waals surface area contributed by atoms with Gasteiger partial charge in [0.25, 0.3) is 0 Å². The van der Waals surface area contributed by atoms with E-state index < -0.39 is 11.9 Å². The molecule has 2 heterocycles. The Hall–Kier alpha value is -2.70. The van der Waals surface area contributed by atoms with Gasteiger partial charge in [0.1, 0.15) is 5.82 Å². The molecule has 0 spiro atoms. The summed E-state index contributed by atoms with van der Waals surface area (Å²) in [5, 5.41) is 10.3. The molecule has 2 unspecified atom stereocenters. The number of rotatable bonds is 6. The molecule has 2 aromatic carbocycles. The fourth-order valence-electron chi connectivity index (χ4n) is 4.60. The van der Waals surface area contributed by atoms with Crippen LogP contribution in [-0.2, 0) is 11.2 Å². The van der Waals surface area contributed by atoms with E-state index in [1.54, 1.807) is 17.3 Å². The number of nitrogens with zero attached hydrogens (tertiary/aromatic N) is 3. The third kappa shape index (κ3) is 4.71. The Morgan fingerprint density at radius 2 is 2.06 bits per heavy atom. The lowest BCUT2D eigenvalue weighted by molar-refractivity contribution is -0.142. The van der Waals surface area contributed by atoms with Crippen LogP contribution in [-0.4, -0.2) is 38.6 Å². The lowest BCUT2D eigenvalue weighted by Crippen LogP contribution is -2.45. The van der Waals surface area contributed by atoms with Crippen molar-refractivity contribution in [2.75, 3.05) is 13.2 Å². The van der Waals surface area contributed by atoms with Gasteiger partial charge in [-0.15, -0.1) is 0 Å². The Balaban J connectivity index is 1.52. The molecule has 0 saturated carbocycles. The molecule has 2 atom stereocenters. The summed E-state index contributed by atoms with van der Waals surface area (Å²) in [6.45, 7) is 4.26. The minimum Gasteiger partial charge on any atom is -0.394 e. The van der Waals surface area contributed by atoms with Crippen LogP contribution in [0, 0.1) is 25.6 Å². The maximum Gasteiger partial charge on any atom is 0.226 e. The number of hydrogen-bond acceptors (Lipinski definition) is 3. The summed E-state index contributed by atoms with van der Waals surface area (Å²) in [7, 11) is 0. The van der Waals surface area contributed by atoms with Gasteiger partial charge in [-0.05, 0) is 74.1 Å². The molecule has 5 nitrogen and oxygen atoms in total. The zero-order valence-corrected chi connectivity index (χ0v) is 19.0. The van der Waals surface area contributed by atoms with E-state index in [0.29, 0.717) is 18.5 Å². The third-order valence-electron chi connectivity index (χ3n) is 6.14. The number of carbonyl (C=O) groups is 1. The minimum absolute atomic E-state index is 0.0114. The second kappa shape index (κ2) is 9.43. The number of aryl methyl sites for hydroxylation is 2. The Bertz CT molecular complexity index is 1110. The van der Waals surface area contributed by atoms with Crippen molar-refractivity contribution in [2.24, 2.45) is 5.92 Å². The van der Waals surface area contributed by atoms with Gasteiger partial charge < -0.3 is 14.6 Å². The molecule has 0 aliphatic carbocycles.